The third-order valence-corrected chi connectivity index (χ3v) is 14.4. The molecule has 360 valence electrons. The largest absolute Gasteiger partial charge is 0.378 e. The van der Waals surface area contributed by atoms with Crippen LogP contribution in [0, 0.1) is 12.8 Å². The van der Waals surface area contributed by atoms with E-state index in [0.29, 0.717) is 51.6 Å². The molecule has 12 heteroatoms. The minimum atomic E-state index is -0.845. The van der Waals surface area contributed by atoms with Crippen molar-refractivity contribution in [2.24, 2.45) is 5.92 Å². The van der Waals surface area contributed by atoms with Gasteiger partial charge >= 0.3 is 6.03 Å². The molecule has 0 unspecified atom stereocenters. The van der Waals surface area contributed by atoms with Crippen molar-refractivity contribution in [1.82, 2.24) is 26.2 Å². The zero-order valence-electron chi connectivity index (χ0n) is 41.2. The van der Waals surface area contributed by atoms with Crippen LogP contribution >= 0.6 is 0 Å². The number of nitrogens with zero attached hydrogens (tertiary/aromatic N) is 3. The Kier molecular flexibility index (Phi) is 18.1. The molecule has 5 amide bonds. The Morgan fingerprint density at radius 1 is 0.833 bits per heavy atom. The molecule has 3 heterocycles. The van der Waals surface area contributed by atoms with Gasteiger partial charge in [-0.05, 0) is 89.5 Å². The van der Waals surface area contributed by atoms with Crippen LogP contribution in [0.3, 0.4) is 0 Å². The summed E-state index contributed by atoms with van der Waals surface area (Å²) in [6.07, 6.45) is 17.8. The van der Waals surface area contributed by atoms with Gasteiger partial charge in [0.1, 0.15) is 18.6 Å². The van der Waals surface area contributed by atoms with Gasteiger partial charge in [-0.15, -0.1) is 0 Å². The van der Waals surface area contributed by atoms with Crippen LogP contribution in [0.5, 0.6) is 0 Å². The van der Waals surface area contributed by atoms with Gasteiger partial charge in [-0.1, -0.05) is 102 Å². The number of anilines is 1. The number of ether oxygens (including phenoxy) is 1. The molecule has 1 aliphatic carbocycles. The Bertz CT molecular complexity index is 2090. The van der Waals surface area contributed by atoms with Crippen molar-refractivity contribution in [3.8, 4) is 0 Å². The molecule has 2 aromatic carbocycles. The molecule has 4 N–H and O–H groups in total. The SMILES string of the molecule is CCCCNC(=O)[C@H](CCNC(=O)CCCCCN1/C(=C\C=C\C2=[N+](CC)c3ccc(C)cc3C2(C)C)C(C)(C)c2ccccc21)NC(=O)[C@H](CC1CCCCC1)NC(=O)N1CCOCC1. The van der Waals surface area contributed by atoms with E-state index in [1.165, 1.54) is 45.9 Å². The molecule has 2 atom stereocenters. The van der Waals surface area contributed by atoms with Crippen LogP contribution in [0.4, 0.5) is 16.2 Å². The second kappa shape index (κ2) is 23.7. The van der Waals surface area contributed by atoms with E-state index in [1.54, 1.807) is 4.90 Å². The molecule has 6 rings (SSSR count). The summed E-state index contributed by atoms with van der Waals surface area (Å²) in [6.45, 7) is 20.1. The maximum absolute atomic E-state index is 14.0. The number of benzene rings is 2. The van der Waals surface area contributed by atoms with Crippen molar-refractivity contribution in [1.29, 1.82) is 0 Å². The molecule has 1 saturated heterocycles. The highest BCUT2D eigenvalue weighted by atomic mass is 16.5. The number of hydrogen-bond donors (Lipinski definition) is 4. The fraction of sp³-hybridized carbons (Fsp3) is 0.611. The topological polar surface area (TPSA) is 135 Å². The third-order valence-electron chi connectivity index (χ3n) is 14.4. The predicted octanol–water partition coefficient (Wildman–Crippen LogP) is 8.48. The van der Waals surface area contributed by atoms with E-state index in [1.807, 2.05) is 0 Å². The van der Waals surface area contributed by atoms with E-state index in [9.17, 15) is 19.2 Å². The second-order valence-corrected chi connectivity index (χ2v) is 20.0. The summed E-state index contributed by atoms with van der Waals surface area (Å²) in [5.74, 6) is -0.368. The predicted molar refractivity (Wildman–Crippen MR) is 266 cm³/mol. The number of para-hydroxylation sites is 1. The minimum absolute atomic E-state index is 0.0661. The number of carbonyl (C=O) groups is 4. The number of allylic oxidation sites excluding steroid dienone is 4. The van der Waals surface area contributed by atoms with Crippen LogP contribution < -0.4 is 26.2 Å². The van der Waals surface area contributed by atoms with Gasteiger partial charge in [-0.2, -0.15) is 4.58 Å². The van der Waals surface area contributed by atoms with Crippen molar-refractivity contribution in [3.05, 3.63) is 83.1 Å². The van der Waals surface area contributed by atoms with Crippen molar-refractivity contribution < 1.29 is 28.5 Å². The van der Waals surface area contributed by atoms with E-state index < -0.39 is 12.1 Å². The number of aryl methyl sites for hydroxylation is 1. The number of carbonyl (C=O) groups excluding carboxylic acids is 4. The summed E-state index contributed by atoms with van der Waals surface area (Å²) >= 11 is 0. The average molecular weight is 907 g/mol. The number of unbranched alkanes of at least 4 members (excludes halogenated alkanes) is 3. The second-order valence-electron chi connectivity index (χ2n) is 20.0. The number of rotatable bonds is 21. The molecule has 12 nitrogen and oxygen atoms in total. The Morgan fingerprint density at radius 2 is 1.59 bits per heavy atom. The Hall–Kier alpha value is -4.97. The zero-order chi connectivity index (χ0) is 47.3. The molecule has 0 bridgehead atoms. The highest BCUT2D eigenvalue weighted by molar-refractivity contribution is 6.03. The first kappa shape index (κ1) is 50.4. The number of hydrogen-bond acceptors (Lipinski definition) is 6. The summed E-state index contributed by atoms with van der Waals surface area (Å²) in [7, 11) is 0. The standard InChI is InChI=1S/C54H79N7O5/c1-8-10-30-56-50(63)43(57-51(64)44(38-40-20-13-11-14-21-40)58-52(65)59-33-35-66-36-34-59)29-31-55-49(62)26-15-12-18-32-61-45-23-17-16-22-41(45)53(4,5)48(61)25-19-24-47-54(6,7)42-37-39(3)27-28-46(42)60(47)9-2/h16-17,19,22-25,27-28,37,40,43-44H,8-15,18,20-21,26,29-36,38H2,1-7H3,(H3-,55,56,57,58,62,63,64,65)/p+1/t43-,44-/m0/s1. The van der Waals surface area contributed by atoms with Gasteiger partial charge in [0, 0.05) is 73.6 Å². The van der Waals surface area contributed by atoms with Crippen molar-refractivity contribution in [3.63, 3.8) is 0 Å². The molecule has 0 aromatic heterocycles. The molecule has 0 spiro atoms. The lowest BCUT2D eigenvalue weighted by molar-refractivity contribution is -0.433. The molecular weight excluding hydrogens is 827 g/mol. The van der Waals surface area contributed by atoms with Gasteiger partial charge in [0.15, 0.2) is 5.71 Å². The summed E-state index contributed by atoms with van der Waals surface area (Å²) in [4.78, 5) is 58.0. The zero-order valence-corrected chi connectivity index (χ0v) is 41.2. The Balaban J connectivity index is 1.03. The van der Waals surface area contributed by atoms with Crippen LogP contribution in [-0.4, -0.2) is 104 Å². The van der Waals surface area contributed by atoms with E-state index in [4.69, 9.17) is 4.74 Å². The first-order valence-electron chi connectivity index (χ1n) is 25.3. The van der Waals surface area contributed by atoms with Gasteiger partial charge in [-0.3, -0.25) is 14.4 Å². The third kappa shape index (κ3) is 12.5. The number of urea groups is 1. The molecule has 2 fully saturated rings. The van der Waals surface area contributed by atoms with Crippen LogP contribution in [0.1, 0.15) is 142 Å². The number of fused-ring (bicyclic) bond motifs is 2. The van der Waals surface area contributed by atoms with Crippen molar-refractivity contribution in [2.45, 2.75) is 155 Å². The lowest BCUT2D eigenvalue weighted by atomic mass is 9.80. The molecule has 2 aromatic rings. The van der Waals surface area contributed by atoms with Crippen LogP contribution in [-0.2, 0) is 30.0 Å². The van der Waals surface area contributed by atoms with Crippen molar-refractivity contribution >= 4 is 40.8 Å². The smallest absolute Gasteiger partial charge is 0.318 e. The van der Waals surface area contributed by atoms with Crippen LogP contribution in [0.15, 0.2) is 66.4 Å². The van der Waals surface area contributed by atoms with Crippen molar-refractivity contribution in [2.75, 3.05) is 57.4 Å². The number of amides is 5. The number of nitrogens with one attached hydrogen (secondary N) is 4. The van der Waals surface area contributed by atoms with Gasteiger partial charge in [0.25, 0.3) is 0 Å². The molecular formula is C54H80N7O5+. The highest BCUT2D eigenvalue weighted by Crippen LogP contribution is 2.48. The van der Waals surface area contributed by atoms with Gasteiger partial charge in [0.05, 0.1) is 18.6 Å². The lowest BCUT2D eigenvalue weighted by Crippen LogP contribution is -2.57. The first-order chi connectivity index (χ1) is 31.8. The van der Waals surface area contributed by atoms with Gasteiger partial charge in [-0.25, -0.2) is 4.79 Å². The number of morpholine rings is 1. The van der Waals surface area contributed by atoms with E-state index in [-0.39, 0.29) is 47.5 Å². The van der Waals surface area contributed by atoms with Crippen LogP contribution in [0.25, 0.3) is 0 Å². The lowest BCUT2D eigenvalue weighted by Gasteiger charge is -2.31. The van der Waals surface area contributed by atoms with E-state index in [0.717, 1.165) is 70.9 Å². The Morgan fingerprint density at radius 3 is 2.33 bits per heavy atom. The fourth-order valence-corrected chi connectivity index (χ4v) is 10.5. The van der Waals surface area contributed by atoms with E-state index >= 15 is 0 Å². The minimum Gasteiger partial charge on any atom is -0.378 e. The van der Waals surface area contributed by atoms with Crippen LogP contribution in [0.2, 0.25) is 0 Å². The highest BCUT2D eigenvalue weighted by Gasteiger charge is 2.44. The normalized spacial score (nSPS) is 19.4. The average Bonchev–Trinajstić information content (AvgIpc) is 3.66. The molecule has 3 aliphatic heterocycles. The van der Waals surface area contributed by atoms with E-state index in [2.05, 4.69) is 140 Å². The molecule has 1 saturated carbocycles. The van der Waals surface area contributed by atoms with Gasteiger partial charge in [0.2, 0.25) is 23.4 Å². The quantitative estimate of drug-likeness (QED) is 0.0734. The molecule has 0 radical (unpaired) electrons. The summed E-state index contributed by atoms with van der Waals surface area (Å²) in [5.41, 5.74) is 8.82. The summed E-state index contributed by atoms with van der Waals surface area (Å²) in [5, 5.41) is 12.0. The summed E-state index contributed by atoms with van der Waals surface area (Å²) in [6, 6.07) is 13.6. The first-order valence-corrected chi connectivity index (χ1v) is 25.3. The molecule has 66 heavy (non-hydrogen) atoms. The summed E-state index contributed by atoms with van der Waals surface area (Å²) < 4.78 is 7.87. The maximum atomic E-state index is 14.0. The maximum Gasteiger partial charge on any atom is 0.318 e. The monoisotopic (exact) mass is 907 g/mol. The van der Waals surface area contributed by atoms with Gasteiger partial charge < -0.3 is 35.8 Å². The molecule has 4 aliphatic rings. The Labute approximate surface area is 395 Å². The fourth-order valence-electron chi connectivity index (χ4n) is 10.5.